The normalized spacial score (nSPS) is 17.2. The molecule has 8 nitrogen and oxygen atoms in total. The van der Waals surface area contributed by atoms with Crippen molar-refractivity contribution in [1.82, 2.24) is 19.7 Å². The molecule has 0 spiro atoms. The maximum absolute atomic E-state index is 13.0. The van der Waals surface area contributed by atoms with Gasteiger partial charge in [0, 0.05) is 0 Å². The molecule has 2 N–H and O–H groups in total. The number of carbonyl (C=O) groups excluding carboxylic acids is 1. The molecule has 2 heterocycles. The summed E-state index contributed by atoms with van der Waals surface area (Å²) in [6, 6.07) is 2.11. The van der Waals surface area contributed by atoms with Gasteiger partial charge in [-0.1, -0.05) is 0 Å². The first-order valence-electron chi connectivity index (χ1n) is 8.08. The lowest BCUT2D eigenvalue weighted by molar-refractivity contribution is -0.142. The van der Waals surface area contributed by atoms with Crippen molar-refractivity contribution < 1.29 is 27.9 Å². The highest BCUT2D eigenvalue weighted by atomic mass is 35.5. The standard InChI is InChI=1S/C16H16F3N5O3.ClH/c17-16(18,19)10-3-4-12(24-9-20-8-21-24)11(6-10)22-14(25)7-23-5-1-2-13(23)15(26)27;/h3-4,6,8-9,13H,1-2,5,7H2,(H,22,25)(H,26,27);1H. The topological polar surface area (TPSA) is 100 Å². The predicted molar refractivity (Wildman–Crippen MR) is 94.5 cm³/mol. The highest BCUT2D eigenvalue weighted by Crippen LogP contribution is 2.33. The Morgan fingerprint density at radius 3 is 2.68 bits per heavy atom. The fourth-order valence-electron chi connectivity index (χ4n) is 3.01. The van der Waals surface area contributed by atoms with Crippen LogP contribution in [0.1, 0.15) is 18.4 Å². The second-order valence-electron chi connectivity index (χ2n) is 6.08. The van der Waals surface area contributed by atoms with Crippen LogP contribution >= 0.6 is 12.4 Å². The Hall–Kier alpha value is -2.66. The Bertz CT molecular complexity index is 845. The molecular formula is C16H17ClF3N5O3. The quantitative estimate of drug-likeness (QED) is 0.770. The van der Waals surface area contributed by atoms with Gasteiger partial charge in [-0.2, -0.15) is 18.3 Å². The van der Waals surface area contributed by atoms with Crippen molar-refractivity contribution in [3.05, 3.63) is 36.4 Å². The Kier molecular flexibility index (Phi) is 6.62. The van der Waals surface area contributed by atoms with Gasteiger partial charge in [-0.05, 0) is 37.6 Å². The van der Waals surface area contributed by atoms with E-state index in [1.165, 1.54) is 28.3 Å². The maximum atomic E-state index is 13.0. The van der Waals surface area contributed by atoms with Crippen LogP contribution in [0.5, 0.6) is 0 Å². The van der Waals surface area contributed by atoms with E-state index >= 15 is 0 Å². The first-order valence-corrected chi connectivity index (χ1v) is 8.08. The third-order valence-electron chi connectivity index (χ3n) is 4.26. The molecular weight excluding hydrogens is 403 g/mol. The van der Waals surface area contributed by atoms with Crippen molar-refractivity contribution in [2.45, 2.75) is 25.1 Å². The monoisotopic (exact) mass is 419 g/mol. The second kappa shape index (κ2) is 8.57. The molecule has 1 aromatic heterocycles. The molecule has 1 aliphatic rings. The molecule has 1 fully saturated rings. The first kappa shape index (κ1) is 21.6. The number of alkyl halides is 3. The summed E-state index contributed by atoms with van der Waals surface area (Å²) in [7, 11) is 0. The molecule has 1 amide bonds. The molecule has 1 saturated heterocycles. The average Bonchev–Trinajstić information content (AvgIpc) is 3.25. The third kappa shape index (κ3) is 4.78. The molecule has 12 heteroatoms. The Balaban J connectivity index is 0.00000280. The molecule has 0 saturated carbocycles. The first-order chi connectivity index (χ1) is 12.8. The zero-order valence-electron chi connectivity index (χ0n) is 14.4. The lowest BCUT2D eigenvalue weighted by atomic mass is 10.1. The summed E-state index contributed by atoms with van der Waals surface area (Å²) >= 11 is 0. The van der Waals surface area contributed by atoms with Crippen molar-refractivity contribution in [3.8, 4) is 5.69 Å². The van der Waals surface area contributed by atoms with E-state index in [4.69, 9.17) is 5.11 Å². The van der Waals surface area contributed by atoms with Gasteiger partial charge in [-0.3, -0.25) is 14.5 Å². The fourth-order valence-corrected chi connectivity index (χ4v) is 3.01. The molecule has 152 valence electrons. The van der Waals surface area contributed by atoms with E-state index in [-0.39, 0.29) is 30.3 Å². The lowest BCUT2D eigenvalue weighted by Gasteiger charge is -2.21. The molecule has 28 heavy (non-hydrogen) atoms. The fraction of sp³-hybridized carbons (Fsp3) is 0.375. The van der Waals surface area contributed by atoms with Gasteiger partial charge in [0.05, 0.1) is 23.5 Å². The number of nitrogens with one attached hydrogen (secondary N) is 1. The van der Waals surface area contributed by atoms with Gasteiger partial charge in [0.1, 0.15) is 18.7 Å². The van der Waals surface area contributed by atoms with E-state index in [1.807, 2.05) is 0 Å². The minimum atomic E-state index is -4.58. The number of aliphatic carboxylic acids is 1. The van der Waals surface area contributed by atoms with E-state index in [0.717, 1.165) is 12.1 Å². The molecule has 0 aliphatic carbocycles. The second-order valence-corrected chi connectivity index (χ2v) is 6.08. The summed E-state index contributed by atoms with van der Waals surface area (Å²) in [4.78, 5) is 28.8. The van der Waals surface area contributed by atoms with E-state index < -0.39 is 29.7 Å². The van der Waals surface area contributed by atoms with Crippen molar-refractivity contribution >= 4 is 30.0 Å². The molecule has 2 aromatic rings. The summed E-state index contributed by atoms with van der Waals surface area (Å²) in [5.41, 5.74) is -0.803. The maximum Gasteiger partial charge on any atom is 0.416 e. The van der Waals surface area contributed by atoms with Crippen LogP contribution in [0.3, 0.4) is 0 Å². The number of anilines is 1. The van der Waals surface area contributed by atoms with Crippen LogP contribution in [0.4, 0.5) is 18.9 Å². The van der Waals surface area contributed by atoms with Crippen molar-refractivity contribution in [3.63, 3.8) is 0 Å². The van der Waals surface area contributed by atoms with Crippen molar-refractivity contribution in [2.24, 2.45) is 0 Å². The molecule has 1 unspecified atom stereocenters. The van der Waals surface area contributed by atoms with Gasteiger partial charge in [-0.15, -0.1) is 12.4 Å². The average molecular weight is 420 g/mol. The van der Waals surface area contributed by atoms with Crippen LogP contribution in [0.2, 0.25) is 0 Å². The minimum Gasteiger partial charge on any atom is -0.480 e. The van der Waals surface area contributed by atoms with Crippen molar-refractivity contribution in [1.29, 1.82) is 0 Å². The highest BCUT2D eigenvalue weighted by Gasteiger charge is 2.33. The van der Waals surface area contributed by atoms with Gasteiger partial charge in [0.2, 0.25) is 5.91 Å². The van der Waals surface area contributed by atoms with Gasteiger partial charge in [0.15, 0.2) is 0 Å². The van der Waals surface area contributed by atoms with Gasteiger partial charge < -0.3 is 10.4 Å². The third-order valence-corrected chi connectivity index (χ3v) is 4.26. The number of carboxylic acids is 1. The van der Waals surface area contributed by atoms with E-state index in [0.29, 0.717) is 19.4 Å². The molecule has 0 bridgehead atoms. The Labute approximate surface area is 163 Å². The summed E-state index contributed by atoms with van der Waals surface area (Å²) in [6.07, 6.45) is -1.01. The summed E-state index contributed by atoms with van der Waals surface area (Å²) in [5, 5.41) is 15.5. The predicted octanol–water partition coefficient (Wildman–Crippen LogP) is 2.20. The number of halogens is 4. The number of hydrogen-bond donors (Lipinski definition) is 2. The zero-order chi connectivity index (χ0) is 19.6. The summed E-state index contributed by atoms with van der Waals surface area (Å²) < 4.78 is 40.3. The van der Waals surface area contributed by atoms with Crippen LogP contribution in [-0.4, -0.2) is 55.8 Å². The number of carboxylic acid groups (broad SMARTS) is 1. The molecule has 3 rings (SSSR count). The van der Waals surface area contributed by atoms with Crippen LogP contribution < -0.4 is 5.32 Å². The van der Waals surface area contributed by atoms with Crippen molar-refractivity contribution in [2.75, 3.05) is 18.4 Å². The van der Waals surface area contributed by atoms with Gasteiger partial charge in [-0.25, -0.2) is 9.67 Å². The highest BCUT2D eigenvalue weighted by molar-refractivity contribution is 5.94. The van der Waals surface area contributed by atoms with Crippen LogP contribution in [-0.2, 0) is 15.8 Å². The number of benzene rings is 1. The Morgan fingerprint density at radius 1 is 1.32 bits per heavy atom. The molecule has 1 aliphatic heterocycles. The number of amides is 1. The summed E-state index contributed by atoms with van der Waals surface area (Å²) in [5.74, 6) is -1.63. The number of nitrogens with zero attached hydrogens (tertiary/aromatic N) is 4. The SMILES string of the molecule is Cl.O=C(CN1CCCC1C(=O)O)Nc1cc(C(F)(F)F)ccc1-n1cncn1. The van der Waals surface area contributed by atoms with Gasteiger partial charge >= 0.3 is 12.1 Å². The molecule has 1 aromatic carbocycles. The number of aromatic nitrogens is 3. The Morgan fingerprint density at radius 2 is 2.07 bits per heavy atom. The number of likely N-dealkylation sites (tertiary alicyclic amines) is 1. The lowest BCUT2D eigenvalue weighted by Crippen LogP contribution is -2.41. The van der Waals surface area contributed by atoms with Crippen LogP contribution in [0.25, 0.3) is 5.69 Å². The van der Waals surface area contributed by atoms with Crippen LogP contribution in [0, 0.1) is 0 Å². The van der Waals surface area contributed by atoms with E-state index in [1.54, 1.807) is 0 Å². The number of carbonyl (C=O) groups is 2. The molecule has 0 radical (unpaired) electrons. The number of rotatable bonds is 5. The van der Waals surface area contributed by atoms with Crippen LogP contribution in [0.15, 0.2) is 30.9 Å². The van der Waals surface area contributed by atoms with E-state index in [2.05, 4.69) is 15.4 Å². The number of hydrogen-bond acceptors (Lipinski definition) is 5. The molecule has 1 atom stereocenters. The zero-order valence-corrected chi connectivity index (χ0v) is 15.2. The smallest absolute Gasteiger partial charge is 0.416 e. The van der Waals surface area contributed by atoms with Gasteiger partial charge in [0.25, 0.3) is 0 Å². The summed E-state index contributed by atoms with van der Waals surface area (Å²) in [6.45, 7) is 0.201. The largest absolute Gasteiger partial charge is 0.480 e. The van der Waals surface area contributed by atoms with E-state index in [9.17, 15) is 22.8 Å². The minimum absolute atomic E-state index is 0.